The summed E-state index contributed by atoms with van der Waals surface area (Å²) in [6.45, 7) is 1.58. The van der Waals surface area contributed by atoms with Crippen LogP contribution >= 0.6 is 0 Å². The minimum absolute atomic E-state index is 0.0225. The molecule has 0 bridgehead atoms. The molecule has 0 radical (unpaired) electrons. The van der Waals surface area contributed by atoms with Crippen LogP contribution in [-0.2, 0) is 40.1 Å². The van der Waals surface area contributed by atoms with Gasteiger partial charge in [-0.05, 0) is 31.9 Å². The predicted molar refractivity (Wildman–Crippen MR) is 183 cm³/mol. The van der Waals surface area contributed by atoms with E-state index in [0.29, 0.717) is 0 Å². The Morgan fingerprint density at radius 3 is 1.85 bits per heavy atom. The van der Waals surface area contributed by atoms with Crippen LogP contribution in [0.4, 0.5) is 10.1 Å². The number of benzene rings is 1. The lowest BCUT2D eigenvalue weighted by molar-refractivity contribution is -0.167. The molecule has 1 aliphatic rings. The van der Waals surface area contributed by atoms with Crippen molar-refractivity contribution in [2.45, 2.75) is 69.2 Å². The number of fused-ring (bicyclic) bond motifs is 1. The van der Waals surface area contributed by atoms with Crippen LogP contribution in [0.3, 0.4) is 0 Å². The van der Waals surface area contributed by atoms with E-state index in [-0.39, 0.29) is 68.7 Å². The van der Waals surface area contributed by atoms with Crippen molar-refractivity contribution in [3.63, 3.8) is 0 Å². The van der Waals surface area contributed by atoms with Crippen molar-refractivity contribution in [3.8, 4) is 0 Å². The van der Waals surface area contributed by atoms with Gasteiger partial charge in [-0.25, -0.2) is 18.8 Å². The SMILES string of the molecule is CCn1cc(C(=O)O)c(=O)c2cc(F)c(N3CCN(C(=O)[C@@H](CCCNC(=O)CC(O)(CC(=O)O)C(=O)O)NC(=O)CC(O)(CC(=O)O)C(=O)O)CC3)cc21. The van der Waals surface area contributed by atoms with E-state index in [1.807, 2.05) is 0 Å². The summed E-state index contributed by atoms with van der Waals surface area (Å²) in [5.74, 6) is -12.7. The summed E-state index contributed by atoms with van der Waals surface area (Å²) < 4.78 is 16.9. The van der Waals surface area contributed by atoms with Gasteiger partial charge in [-0.15, -0.1) is 0 Å². The van der Waals surface area contributed by atoms with Gasteiger partial charge in [-0.3, -0.25) is 28.8 Å². The maximum absolute atomic E-state index is 15.4. The summed E-state index contributed by atoms with van der Waals surface area (Å²) >= 11 is 0. The number of aliphatic hydroxyl groups is 2. The van der Waals surface area contributed by atoms with Gasteiger partial charge in [0.15, 0.2) is 11.2 Å². The molecule has 1 saturated heterocycles. The van der Waals surface area contributed by atoms with Crippen molar-refractivity contribution in [2.75, 3.05) is 37.6 Å². The third-order valence-electron chi connectivity index (χ3n) is 8.87. The number of rotatable bonds is 19. The van der Waals surface area contributed by atoms with E-state index in [0.717, 1.165) is 12.3 Å². The highest BCUT2D eigenvalue weighted by atomic mass is 19.1. The summed E-state index contributed by atoms with van der Waals surface area (Å²) in [5, 5.41) is 70.7. The van der Waals surface area contributed by atoms with E-state index in [1.54, 1.807) is 11.8 Å². The monoisotopic (exact) mass is 781 g/mol. The van der Waals surface area contributed by atoms with E-state index < -0.39 is 107 Å². The number of carbonyl (C=O) groups is 8. The minimum atomic E-state index is -3.04. The molecule has 0 saturated carbocycles. The molecule has 1 aliphatic heterocycles. The number of aryl methyl sites for hydroxylation is 1. The molecule has 9 N–H and O–H groups in total. The van der Waals surface area contributed by atoms with Crippen molar-refractivity contribution in [3.05, 3.63) is 39.9 Å². The number of aliphatic carboxylic acids is 4. The van der Waals surface area contributed by atoms with Gasteiger partial charge < -0.3 is 60.7 Å². The lowest BCUT2D eigenvalue weighted by atomic mass is 9.95. The Kier molecular flexibility index (Phi) is 14.0. The number of carbonyl (C=O) groups excluding carboxylic acids is 3. The van der Waals surface area contributed by atoms with Crippen molar-refractivity contribution in [1.29, 1.82) is 0 Å². The lowest BCUT2D eigenvalue weighted by Crippen LogP contribution is -2.56. The Morgan fingerprint density at radius 2 is 1.36 bits per heavy atom. The van der Waals surface area contributed by atoms with E-state index in [9.17, 15) is 68.7 Å². The van der Waals surface area contributed by atoms with Crippen LogP contribution < -0.4 is 21.0 Å². The van der Waals surface area contributed by atoms with Gasteiger partial charge in [-0.2, -0.15) is 0 Å². The van der Waals surface area contributed by atoms with Crippen LogP contribution in [0.1, 0.15) is 55.8 Å². The Balaban J connectivity index is 1.78. The number of hydrogen-bond acceptors (Lipinski definition) is 12. The molecule has 1 fully saturated rings. The molecule has 2 unspecified atom stereocenters. The van der Waals surface area contributed by atoms with Gasteiger partial charge in [0.1, 0.15) is 17.4 Å². The fourth-order valence-electron chi connectivity index (χ4n) is 6.00. The number of amides is 3. The smallest absolute Gasteiger partial charge is 0.341 e. The largest absolute Gasteiger partial charge is 0.481 e. The van der Waals surface area contributed by atoms with E-state index in [2.05, 4.69) is 10.6 Å². The van der Waals surface area contributed by atoms with E-state index >= 15 is 4.39 Å². The van der Waals surface area contributed by atoms with Crippen LogP contribution in [0.15, 0.2) is 23.1 Å². The number of hydrogen-bond donors (Lipinski definition) is 9. The first kappa shape index (κ1) is 43.2. The Bertz CT molecular complexity index is 1940. The molecular formula is C33H40FN5O16. The number of halogens is 1. The van der Waals surface area contributed by atoms with Crippen molar-refractivity contribution in [1.82, 2.24) is 20.1 Å². The zero-order valence-corrected chi connectivity index (χ0v) is 29.3. The average Bonchev–Trinajstić information content (AvgIpc) is 3.08. The molecule has 2 aromatic rings. The number of carboxylic acid groups (broad SMARTS) is 5. The molecule has 0 aliphatic carbocycles. The average molecular weight is 782 g/mol. The molecule has 3 atom stereocenters. The fourth-order valence-corrected chi connectivity index (χ4v) is 6.00. The maximum Gasteiger partial charge on any atom is 0.341 e. The molecule has 3 amide bonds. The molecule has 300 valence electrons. The summed E-state index contributed by atoms with van der Waals surface area (Å²) in [6, 6.07) is 0.863. The number of aromatic nitrogens is 1. The number of carboxylic acids is 5. The second kappa shape index (κ2) is 17.8. The molecule has 1 aromatic heterocycles. The molecule has 22 heteroatoms. The first-order valence-corrected chi connectivity index (χ1v) is 16.7. The third-order valence-corrected chi connectivity index (χ3v) is 8.87. The zero-order valence-electron chi connectivity index (χ0n) is 29.3. The fraction of sp³-hybridized carbons (Fsp3) is 0.485. The zero-order chi connectivity index (χ0) is 41.4. The standard InChI is InChI=1S/C33H40FN5O16/c1-2-37-16-18(29(48)49)27(46)17-10-19(34)22(11-21(17)37)38-6-8-39(9-7-38)28(47)20(36-24(41)13-33(55,31(52)53)15-26(44)45)4-3-5-35-23(40)12-32(54,30(50)51)14-25(42)43/h10-11,16,20,54-55H,2-9,12-15H2,1H3,(H,35,40)(H,36,41)(H,42,43)(H,44,45)(H,48,49)(H,50,51)(H,52,53)/t20-,32?,33?/m1/s1. The number of anilines is 1. The normalized spacial score (nSPS) is 15.6. The summed E-state index contributed by atoms with van der Waals surface area (Å²) in [6.07, 6.45) is -4.26. The van der Waals surface area contributed by atoms with Crippen LogP contribution in [0, 0.1) is 5.82 Å². The number of nitrogens with one attached hydrogen (secondary N) is 2. The van der Waals surface area contributed by atoms with Gasteiger partial charge in [0.2, 0.25) is 23.2 Å². The number of nitrogens with zero attached hydrogens (tertiary/aromatic N) is 3. The van der Waals surface area contributed by atoms with Gasteiger partial charge in [0.25, 0.3) is 0 Å². The second-order valence-electron chi connectivity index (χ2n) is 12.9. The van der Waals surface area contributed by atoms with Crippen molar-refractivity contribution in [2.24, 2.45) is 0 Å². The van der Waals surface area contributed by atoms with Gasteiger partial charge in [-0.1, -0.05) is 0 Å². The van der Waals surface area contributed by atoms with Crippen LogP contribution in [0.2, 0.25) is 0 Å². The van der Waals surface area contributed by atoms with Crippen LogP contribution in [0.5, 0.6) is 0 Å². The Morgan fingerprint density at radius 1 is 0.818 bits per heavy atom. The number of piperazine rings is 1. The Labute approximate surface area is 309 Å². The molecule has 2 heterocycles. The summed E-state index contributed by atoms with van der Waals surface area (Å²) in [5.41, 5.74) is -7.05. The first-order valence-electron chi connectivity index (χ1n) is 16.7. The lowest BCUT2D eigenvalue weighted by Gasteiger charge is -2.38. The second-order valence-corrected chi connectivity index (χ2v) is 12.9. The van der Waals surface area contributed by atoms with Gasteiger partial charge in [0, 0.05) is 50.9 Å². The number of aromatic carboxylic acids is 1. The first-order chi connectivity index (χ1) is 25.6. The predicted octanol–water partition coefficient (Wildman–Crippen LogP) is -1.75. The number of pyridine rings is 1. The summed E-state index contributed by atoms with van der Waals surface area (Å²) in [4.78, 5) is 111. The summed E-state index contributed by atoms with van der Waals surface area (Å²) in [7, 11) is 0. The highest BCUT2D eigenvalue weighted by molar-refractivity contribution is 5.95. The highest BCUT2D eigenvalue weighted by Gasteiger charge is 2.42. The molecule has 55 heavy (non-hydrogen) atoms. The van der Waals surface area contributed by atoms with Crippen LogP contribution in [0.25, 0.3) is 10.9 Å². The molecule has 3 rings (SSSR count). The quantitative estimate of drug-likeness (QED) is 0.0714. The highest BCUT2D eigenvalue weighted by Crippen LogP contribution is 2.27. The minimum Gasteiger partial charge on any atom is -0.481 e. The molecular weight excluding hydrogens is 741 g/mol. The molecule has 21 nitrogen and oxygen atoms in total. The van der Waals surface area contributed by atoms with Crippen LogP contribution in [-0.4, -0.2) is 143 Å². The van der Waals surface area contributed by atoms with E-state index in [4.69, 9.17) is 10.2 Å². The Hall–Kier alpha value is -6.16. The van der Waals surface area contributed by atoms with E-state index in [1.165, 1.54) is 15.5 Å². The van der Waals surface area contributed by atoms with Crippen molar-refractivity contribution >= 4 is 64.2 Å². The van der Waals surface area contributed by atoms with Gasteiger partial charge >= 0.3 is 29.8 Å². The maximum atomic E-state index is 15.4. The van der Waals surface area contributed by atoms with Gasteiger partial charge in [0.05, 0.1) is 36.9 Å². The molecule has 0 spiro atoms. The topological polar surface area (TPSA) is 331 Å². The van der Waals surface area contributed by atoms with Crippen molar-refractivity contribution < 1.29 is 78.5 Å². The third kappa shape index (κ3) is 10.7. The molecule has 1 aromatic carbocycles.